The number of Topliss-reactive ketones (excluding diaryl/α,β-unsaturated/α-hetero) is 1. The molecule has 0 radical (unpaired) electrons. The van der Waals surface area contributed by atoms with E-state index in [9.17, 15) is 9.59 Å². The van der Waals surface area contributed by atoms with Crippen LogP contribution in [0.1, 0.15) is 17.0 Å². The molecule has 0 saturated carbocycles. The van der Waals surface area contributed by atoms with Crippen LogP contribution in [0, 0.1) is 0 Å². The number of likely N-dealkylation sites (N-methyl/N-ethyl adjacent to an activating group) is 1. The van der Waals surface area contributed by atoms with Crippen molar-refractivity contribution >= 4 is 11.8 Å². The number of carbonyl (C=O) groups is 2. The SMILES string of the molecule is CN(CCC(=O)O)CC(=O)c1ccco1. The van der Waals surface area contributed by atoms with Crippen molar-refractivity contribution in [3.63, 3.8) is 0 Å². The van der Waals surface area contributed by atoms with E-state index in [1.807, 2.05) is 0 Å². The van der Waals surface area contributed by atoms with Crippen LogP contribution in [0.3, 0.4) is 0 Å². The lowest BCUT2D eigenvalue weighted by Gasteiger charge is -2.12. The highest BCUT2D eigenvalue weighted by Crippen LogP contribution is 2.02. The van der Waals surface area contributed by atoms with Crippen LogP contribution >= 0.6 is 0 Å². The Bertz CT molecular complexity index is 331. The molecule has 5 nitrogen and oxygen atoms in total. The van der Waals surface area contributed by atoms with E-state index in [4.69, 9.17) is 9.52 Å². The summed E-state index contributed by atoms with van der Waals surface area (Å²) < 4.78 is 4.93. The number of nitrogens with zero attached hydrogens (tertiary/aromatic N) is 1. The van der Waals surface area contributed by atoms with Crippen molar-refractivity contribution in [2.75, 3.05) is 20.1 Å². The topological polar surface area (TPSA) is 70.8 Å². The standard InChI is InChI=1S/C10H13NO4/c1-11(5-4-10(13)14)7-8(12)9-3-2-6-15-9/h2-3,6H,4-5,7H2,1H3,(H,13,14). The summed E-state index contributed by atoms with van der Waals surface area (Å²) in [6.45, 7) is 0.516. The first kappa shape index (κ1) is 11.5. The molecule has 0 spiro atoms. The van der Waals surface area contributed by atoms with Crippen LogP contribution in [0.25, 0.3) is 0 Å². The van der Waals surface area contributed by atoms with Crippen molar-refractivity contribution < 1.29 is 19.1 Å². The van der Waals surface area contributed by atoms with Gasteiger partial charge >= 0.3 is 5.97 Å². The van der Waals surface area contributed by atoms with E-state index in [-0.39, 0.29) is 18.7 Å². The van der Waals surface area contributed by atoms with Gasteiger partial charge in [0.15, 0.2) is 5.76 Å². The summed E-state index contributed by atoms with van der Waals surface area (Å²) in [7, 11) is 1.70. The van der Waals surface area contributed by atoms with Gasteiger partial charge in [-0.05, 0) is 19.2 Å². The molecule has 1 rings (SSSR count). The van der Waals surface area contributed by atoms with Gasteiger partial charge in [0.05, 0.1) is 19.2 Å². The normalized spacial score (nSPS) is 10.5. The summed E-state index contributed by atoms with van der Waals surface area (Å²) in [6, 6.07) is 3.23. The second-order valence-electron chi connectivity index (χ2n) is 3.28. The van der Waals surface area contributed by atoms with E-state index in [0.717, 1.165) is 0 Å². The number of carboxylic acid groups (broad SMARTS) is 1. The van der Waals surface area contributed by atoms with Gasteiger partial charge in [-0.1, -0.05) is 0 Å². The number of hydrogen-bond donors (Lipinski definition) is 1. The lowest BCUT2D eigenvalue weighted by molar-refractivity contribution is -0.137. The van der Waals surface area contributed by atoms with Crippen LogP contribution in [-0.4, -0.2) is 41.9 Å². The van der Waals surface area contributed by atoms with Crippen LogP contribution in [0.4, 0.5) is 0 Å². The molecular weight excluding hydrogens is 198 g/mol. The number of carbonyl (C=O) groups excluding carboxylic acids is 1. The smallest absolute Gasteiger partial charge is 0.304 e. The molecule has 0 aliphatic heterocycles. The molecule has 15 heavy (non-hydrogen) atoms. The van der Waals surface area contributed by atoms with E-state index in [1.165, 1.54) is 6.26 Å². The Labute approximate surface area is 87.3 Å². The summed E-state index contributed by atoms with van der Waals surface area (Å²) >= 11 is 0. The van der Waals surface area contributed by atoms with E-state index in [2.05, 4.69) is 0 Å². The van der Waals surface area contributed by atoms with Gasteiger partial charge in [-0.2, -0.15) is 0 Å². The summed E-state index contributed by atoms with van der Waals surface area (Å²) in [6.07, 6.45) is 1.46. The molecule has 0 bridgehead atoms. The highest BCUT2D eigenvalue weighted by atomic mass is 16.4. The van der Waals surface area contributed by atoms with Crippen LogP contribution in [0.5, 0.6) is 0 Å². The van der Waals surface area contributed by atoms with Gasteiger partial charge < -0.3 is 9.52 Å². The molecule has 1 N–H and O–H groups in total. The summed E-state index contributed by atoms with van der Waals surface area (Å²) in [5.74, 6) is -0.711. The lowest BCUT2D eigenvalue weighted by Crippen LogP contribution is -2.28. The summed E-state index contributed by atoms with van der Waals surface area (Å²) in [5, 5.41) is 8.45. The third kappa shape index (κ3) is 3.95. The van der Waals surface area contributed by atoms with E-state index in [1.54, 1.807) is 24.1 Å². The largest absolute Gasteiger partial charge is 0.481 e. The molecule has 1 heterocycles. The van der Waals surface area contributed by atoms with E-state index < -0.39 is 5.97 Å². The fourth-order valence-electron chi connectivity index (χ4n) is 1.13. The van der Waals surface area contributed by atoms with Gasteiger partial charge in [-0.25, -0.2) is 0 Å². The minimum Gasteiger partial charge on any atom is -0.481 e. The highest BCUT2D eigenvalue weighted by Gasteiger charge is 2.12. The molecule has 0 atom stereocenters. The minimum atomic E-state index is -0.868. The number of ketones is 1. The third-order valence-electron chi connectivity index (χ3n) is 1.92. The van der Waals surface area contributed by atoms with Crippen molar-refractivity contribution in [2.45, 2.75) is 6.42 Å². The van der Waals surface area contributed by atoms with Crippen molar-refractivity contribution in [1.29, 1.82) is 0 Å². The molecular formula is C10H13NO4. The minimum absolute atomic E-state index is 0.0297. The number of hydrogen-bond acceptors (Lipinski definition) is 4. The molecule has 1 aromatic heterocycles. The van der Waals surface area contributed by atoms with Crippen molar-refractivity contribution in [3.05, 3.63) is 24.2 Å². The van der Waals surface area contributed by atoms with Gasteiger partial charge in [0, 0.05) is 6.54 Å². The van der Waals surface area contributed by atoms with Crippen molar-refractivity contribution in [1.82, 2.24) is 4.90 Å². The monoisotopic (exact) mass is 211 g/mol. The maximum Gasteiger partial charge on any atom is 0.304 e. The first-order valence-corrected chi connectivity index (χ1v) is 4.56. The Morgan fingerprint density at radius 2 is 2.27 bits per heavy atom. The Balaban J connectivity index is 2.35. The second kappa shape index (κ2) is 5.31. The molecule has 0 unspecified atom stereocenters. The first-order chi connectivity index (χ1) is 7.09. The number of furan rings is 1. The fourth-order valence-corrected chi connectivity index (χ4v) is 1.13. The van der Waals surface area contributed by atoms with Gasteiger partial charge in [-0.15, -0.1) is 0 Å². The Kier molecular flexibility index (Phi) is 4.05. The predicted molar refractivity (Wildman–Crippen MR) is 52.8 cm³/mol. The Morgan fingerprint density at radius 1 is 1.53 bits per heavy atom. The molecule has 0 aromatic carbocycles. The molecule has 0 amide bonds. The van der Waals surface area contributed by atoms with E-state index >= 15 is 0 Å². The second-order valence-corrected chi connectivity index (χ2v) is 3.28. The van der Waals surface area contributed by atoms with Crippen molar-refractivity contribution in [2.24, 2.45) is 0 Å². The van der Waals surface area contributed by atoms with Crippen LogP contribution in [0.2, 0.25) is 0 Å². The van der Waals surface area contributed by atoms with Gasteiger partial charge in [0.2, 0.25) is 5.78 Å². The number of carboxylic acids is 1. The molecule has 0 fully saturated rings. The maximum absolute atomic E-state index is 11.5. The molecule has 1 aromatic rings. The van der Waals surface area contributed by atoms with Gasteiger partial charge in [-0.3, -0.25) is 14.5 Å². The summed E-state index contributed by atoms with van der Waals surface area (Å²) in [4.78, 5) is 23.4. The Morgan fingerprint density at radius 3 is 2.80 bits per heavy atom. The van der Waals surface area contributed by atoms with Crippen molar-refractivity contribution in [3.8, 4) is 0 Å². The maximum atomic E-state index is 11.5. The quantitative estimate of drug-likeness (QED) is 0.707. The fraction of sp³-hybridized carbons (Fsp3) is 0.400. The molecule has 5 heteroatoms. The molecule has 82 valence electrons. The van der Waals surface area contributed by atoms with Crippen LogP contribution in [0.15, 0.2) is 22.8 Å². The summed E-state index contributed by atoms with van der Waals surface area (Å²) in [5.41, 5.74) is 0. The lowest BCUT2D eigenvalue weighted by atomic mass is 10.3. The molecule has 0 aliphatic rings. The predicted octanol–water partition coefficient (Wildman–Crippen LogP) is 0.869. The van der Waals surface area contributed by atoms with Gasteiger partial charge in [0.25, 0.3) is 0 Å². The van der Waals surface area contributed by atoms with Gasteiger partial charge in [0.1, 0.15) is 0 Å². The molecule has 0 saturated heterocycles. The Hall–Kier alpha value is -1.62. The third-order valence-corrected chi connectivity index (χ3v) is 1.92. The molecule has 0 aliphatic carbocycles. The zero-order valence-corrected chi connectivity index (χ0v) is 8.47. The van der Waals surface area contributed by atoms with E-state index in [0.29, 0.717) is 12.3 Å². The highest BCUT2D eigenvalue weighted by molar-refractivity contribution is 5.94. The number of aliphatic carboxylic acids is 1. The zero-order chi connectivity index (χ0) is 11.3. The zero-order valence-electron chi connectivity index (χ0n) is 8.47. The first-order valence-electron chi connectivity index (χ1n) is 4.56. The average molecular weight is 211 g/mol. The number of rotatable bonds is 6. The van der Waals surface area contributed by atoms with Crippen LogP contribution < -0.4 is 0 Å². The van der Waals surface area contributed by atoms with Crippen LogP contribution in [-0.2, 0) is 4.79 Å². The average Bonchev–Trinajstić information content (AvgIpc) is 2.67.